The van der Waals surface area contributed by atoms with E-state index in [1.54, 1.807) is 0 Å². The minimum atomic E-state index is -0.463. The molecule has 2 saturated heterocycles. The van der Waals surface area contributed by atoms with Crippen molar-refractivity contribution in [3.05, 3.63) is 54.6 Å². The number of likely N-dealkylation sites (tertiary alicyclic amines) is 2. The average molecular weight is 594 g/mol. The smallest absolute Gasteiger partial charge is 0.412 e. The van der Waals surface area contributed by atoms with E-state index in [0.29, 0.717) is 0 Å². The summed E-state index contributed by atoms with van der Waals surface area (Å²) in [6, 6.07) is 17.8. The summed E-state index contributed by atoms with van der Waals surface area (Å²) in [5.74, 6) is -0.0687. The highest BCUT2D eigenvalue weighted by atomic mass is 16.6. The Morgan fingerprint density at radius 3 is 2.30 bits per heavy atom. The van der Waals surface area contributed by atoms with Gasteiger partial charge in [-0.25, -0.2) is 4.79 Å². The molecule has 2 aromatic carbocycles. The van der Waals surface area contributed by atoms with Crippen LogP contribution in [0.5, 0.6) is 0 Å². The number of nitrogens with zero attached hydrogens (tertiary/aromatic N) is 2. The van der Waals surface area contributed by atoms with Crippen LogP contribution in [-0.2, 0) is 19.0 Å². The lowest BCUT2D eigenvalue weighted by Crippen LogP contribution is -2.46. The number of esters is 1. The Bertz CT molecular complexity index is 1130. The summed E-state index contributed by atoms with van der Waals surface area (Å²) in [4.78, 5) is 29.9. The number of carbonyl (C=O) groups excluding carboxylic acids is 2. The van der Waals surface area contributed by atoms with E-state index >= 15 is 0 Å². The van der Waals surface area contributed by atoms with Crippen molar-refractivity contribution in [3.63, 3.8) is 0 Å². The molecule has 1 atom stereocenters. The Labute approximate surface area is 258 Å². The van der Waals surface area contributed by atoms with Crippen LogP contribution in [0.25, 0.3) is 11.1 Å². The molecule has 2 aliphatic heterocycles. The van der Waals surface area contributed by atoms with E-state index < -0.39 is 11.7 Å². The lowest BCUT2D eigenvalue weighted by Gasteiger charge is -2.38. The van der Waals surface area contributed by atoms with Crippen LogP contribution in [0.4, 0.5) is 10.5 Å². The number of benzene rings is 2. The van der Waals surface area contributed by atoms with Gasteiger partial charge in [-0.1, -0.05) is 48.5 Å². The van der Waals surface area contributed by atoms with Gasteiger partial charge in [-0.15, -0.1) is 0 Å². The average Bonchev–Trinajstić information content (AvgIpc) is 3.46. The normalized spacial score (nSPS) is 18.9. The molecular formula is C35H51N3O5. The van der Waals surface area contributed by atoms with Gasteiger partial charge in [0.05, 0.1) is 11.8 Å². The van der Waals surface area contributed by atoms with Gasteiger partial charge in [0, 0.05) is 31.9 Å². The van der Waals surface area contributed by atoms with E-state index in [4.69, 9.17) is 14.2 Å². The molecule has 0 aromatic heterocycles. The van der Waals surface area contributed by atoms with Crippen LogP contribution < -0.4 is 5.32 Å². The molecule has 0 spiro atoms. The van der Waals surface area contributed by atoms with Gasteiger partial charge in [-0.2, -0.15) is 0 Å². The van der Waals surface area contributed by atoms with Crippen LogP contribution in [0.2, 0.25) is 0 Å². The number of ether oxygens (including phenoxy) is 3. The number of para-hydroxylation sites is 1. The highest BCUT2D eigenvalue weighted by molar-refractivity contribution is 5.91. The summed E-state index contributed by atoms with van der Waals surface area (Å²) in [6.45, 7) is 12.2. The van der Waals surface area contributed by atoms with Gasteiger partial charge in [-0.3, -0.25) is 15.0 Å². The molecule has 2 aromatic rings. The van der Waals surface area contributed by atoms with Gasteiger partial charge < -0.3 is 19.1 Å². The maximum absolute atomic E-state index is 12.9. The minimum Gasteiger partial charge on any atom is -0.462 e. The third-order valence-corrected chi connectivity index (χ3v) is 8.49. The fourth-order valence-corrected chi connectivity index (χ4v) is 6.00. The second kappa shape index (κ2) is 16.8. The lowest BCUT2D eigenvalue weighted by atomic mass is 9.93. The third-order valence-electron chi connectivity index (χ3n) is 8.49. The predicted octanol–water partition coefficient (Wildman–Crippen LogP) is 6.75. The number of unbranched alkanes of at least 4 members (excludes halogenated alkanes) is 2. The second-order valence-electron chi connectivity index (χ2n) is 12.4. The number of rotatable bonds is 15. The van der Waals surface area contributed by atoms with Crippen LogP contribution in [-0.4, -0.2) is 85.5 Å². The molecule has 8 nitrogen and oxygen atoms in total. The maximum atomic E-state index is 12.9. The summed E-state index contributed by atoms with van der Waals surface area (Å²) in [6.07, 6.45) is 7.36. The van der Waals surface area contributed by atoms with Crippen molar-refractivity contribution in [2.75, 3.05) is 51.3 Å². The van der Waals surface area contributed by atoms with E-state index in [-0.39, 0.29) is 18.1 Å². The highest BCUT2D eigenvalue weighted by Crippen LogP contribution is 2.30. The SMILES string of the molecule is CC(C)OC(=O)[C@H]1CCCN1CCCCOCCCCN1CCC(C)(OC(=O)Nc2ccccc2-c2ccccc2)CC1. The van der Waals surface area contributed by atoms with Crippen molar-refractivity contribution >= 4 is 17.7 Å². The molecule has 43 heavy (non-hydrogen) atoms. The highest BCUT2D eigenvalue weighted by Gasteiger charge is 2.34. The van der Waals surface area contributed by atoms with Gasteiger partial charge in [0.25, 0.3) is 0 Å². The first-order chi connectivity index (χ1) is 20.8. The fourth-order valence-electron chi connectivity index (χ4n) is 6.00. The van der Waals surface area contributed by atoms with Crippen molar-refractivity contribution in [1.82, 2.24) is 9.80 Å². The molecule has 2 aliphatic rings. The molecule has 0 saturated carbocycles. The molecule has 0 unspecified atom stereocenters. The molecule has 8 heteroatoms. The number of carbonyl (C=O) groups is 2. The van der Waals surface area contributed by atoms with Gasteiger partial charge in [-0.05, 0) is 103 Å². The first-order valence-electron chi connectivity index (χ1n) is 16.2. The maximum Gasteiger partial charge on any atom is 0.412 e. The van der Waals surface area contributed by atoms with E-state index in [9.17, 15) is 9.59 Å². The third kappa shape index (κ3) is 10.6. The van der Waals surface area contributed by atoms with Crippen LogP contribution in [0, 0.1) is 0 Å². The molecule has 0 radical (unpaired) electrons. The monoisotopic (exact) mass is 593 g/mol. The first kappa shape index (κ1) is 33.0. The van der Waals surface area contributed by atoms with Gasteiger partial charge in [0.15, 0.2) is 0 Å². The topological polar surface area (TPSA) is 80.3 Å². The fraction of sp³-hybridized carbons (Fsp3) is 0.600. The number of nitrogens with one attached hydrogen (secondary N) is 1. The molecule has 0 aliphatic carbocycles. The number of hydrogen-bond donors (Lipinski definition) is 1. The molecule has 236 valence electrons. The van der Waals surface area contributed by atoms with E-state index in [1.807, 2.05) is 75.4 Å². The molecule has 1 amide bonds. The molecule has 4 rings (SSSR count). The quantitative estimate of drug-likeness (QED) is 0.181. The molecule has 2 fully saturated rings. The Hall–Kier alpha value is -2.94. The van der Waals surface area contributed by atoms with Crippen LogP contribution in [0.15, 0.2) is 54.6 Å². The van der Waals surface area contributed by atoms with Crippen LogP contribution in [0.1, 0.15) is 72.1 Å². The Morgan fingerprint density at radius 1 is 0.907 bits per heavy atom. The Morgan fingerprint density at radius 2 is 1.58 bits per heavy atom. The molecule has 0 bridgehead atoms. The molecular weight excluding hydrogens is 542 g/mol. The predicted molar refractivity (Wildman–Crippen MR) is 171 cm³/mol. The zero-order chi connectivity index (χ0) is 30.5. The van der Waals surface area contributed by atoms with Crippen molar-refractivity contribution in [2.45, 2.75) is 89.9 Å². The van der Waals surface area contributed by atoms with E-state index in [0.717, 1.165) is 114 Å². The number of hydrogen-bond acceptors (Lipinski definition) is 7. The number of amides is 1. The number of piperidine rings is 1. The van der Waals surface area contributed by atoms with Gasteiger partial charge in [0.1, 0.15) is 11.6 Å². The first-order valence-corrected chi connectivity index (χ1v) is 16.2. The Kier molecular flexibility index (Phi) is 12.9. The summed E-state index contributed by atoms with van der Waals surface area (Å²) >= 11 is 0. The zero-order valence-corrected chi connectivity index (χ0v) is 26.4. The molecule has 2 heterocycles. The van der Waals surface area contributed by atoms with Crippen molar-refractivity contribution in [2.24, 2.45) is 0 Å². The Balaban J connectivity index is 1.04. The van der Waals surface area contributed by atoms with Crippen molar-refractivity contribution in [1.29, 1.82) is 0 Å². The minimum absolute atomic E-state index is 0.0551. The summed E-state index contributed by atoms with van der Waals surface area (Å²) in [5, 5.41) is 2.98. The van der Waals surface area contributed by atoms with Crippen molar-refractivity contribution in [3.8, 4) is 11.1 Å². The van der Waals surface area contributed by atoms with Crippen LogP contribution in [0.3, 0.4) is 0 Å². The second-order valence-corrected chi connectivity index (χ2v) is 12.4. The largest absolute Gasteiger partial charge is 0.462 e. The number of anilines is 1. The standard InChI is InChI=1S/C35H51N3O5/c1-28(2)42-33(39)32-18-13-23-38(32)22-10-12-27-41-26-11-9-21-37-24-19-35(3,20-25-37)43-34(40)36-31-17-8-7-16-30(31)29-14-5-4-6-15-29/h4-8,14-17,28,32H,9-13,18-27H2,1-3H3,(H,36,40)/t32-/m1/s1. The summed E-state index contributed by atoms with van der Waals surface area (Å²) < 4.78 is 17.3. The summed E-state index contributed by atoms with van der Waals surface area (Å²) in [5.41, 5.74) is 2.33. The van der Waals surface area contributed by atoms with Gasteiger partial charge in [0.2, 0.25) is 0 Å². The van der Waals surface area contributed by atoms with Crippen LogP contribution >= 0.6 is 0 Å². The van der Waals surface area contributed by atoms with E-state index in [1.165, 1.54) is 0 Å². The summed E-state index contributed by atoms with van der Waals surface area (Å²) in [7, 11) is 0. The van der Waals surface area contributed by atoms with Crippen molar-refractivity contribution < 1.29 is 23.8 Å². The molecule has 1 N–H and O–H groups in total. The lowest BCUT2D eigenvalue weighted by molar-refractivity contribution is -0.152. The zero-order valence-electron chi connectivity index (χ0n) is 26.4. The van der Waals surface area contributed by atoms with E-state index in [2.05, 4.69) is 15.1 Å². The van der Waals surface area contributed by atoms with Gasteiger partial charge >= 0.3 is 12.1 Å².